The highest BCUT2D eigenvalue weighted by molar-refractivity contribution is 5.80. The highest BCUT2D eigenvalue weighted by Crippen LogP contribution is 2.14. The minimum absolute atomic E-state index is 0.0895. The Morgan fingerprint density at radius 2 is 2.31 bits per heavy atom. The van der Waals surface area contributed by atoms with Gasteiger partial charge in [-0.1, -0.05) is 0 Å². The lowest BCUT2D eigenvalue weighted by Crippen LogP contribution is -2.47. The largest absolute Gasteiger partial charge is 0.374 e. The molecule has 5 heteroatoms. The molecule has 0 saturated carbocycles. The van der Waals surface area contributed by atoms with E-state index in [-0.39, 0.29) is 18.1 Å². The summed E-state index contributed by atoms with van der Waals surface area (Å²) in [5, 5.41) is 3.25. The summed E-state index contributed by atoms with van der Waals surface area (Å²) in [6.07, 6.45) is 1.74. The first-order chi connectivity index (χ1) is 7.77. The molecule has 2 aliphatic heterocycles. The van der Waals surface area contributed by atoms with E-state index in [1.165, 1.54) is 0 Å². The smallest absolute Gasteiger partial charge is 0.251 e. The van der Waals surface area contributed by atoms with Crippen LogP contribution in [0.1, 0.15) is 12.8 Å². The molecular weight excluding hydrogens is 208 g/mol. The minimum atomic E-state index is -0.221. The third-order valence-corrected chi connectivity index (χ3v) is 3.06. The van der Waals surface area contributed by atoms with Crippen molar-refractivity contribution in [3.8, 4) is 0 Å². The zero-order valence-electron chi connectivity index (χ0n) is 9.78. The maximum absolute atomic E-state index is 11.9. The van der Waals surface area contributed by atoms with E-state index in [0.717, 1.165) is 32.5 Å². The average Bonchev–Trinajstić information content (AvgIpc) is 2.83. The zero-order chi connectivity index (χ0) is 11.4. The number of hydrogen-bond acceptors (Lipinski definition) is 4. The quantitative estimate of drug-likeness (QED) is 0.715. The van der Waals surface area contributed by atoms with Crippen LogP contribution in [-0.4, -0.2) is 62.9 Å². The fourth-order valence-corrected chi connectivity index (χ4v) is 2.15. The van der Waals surface area contributed by atoms with Crippen LogP contribution in [0.5, 0.6) is 0 Å². The van der Waals surface area contributed by atoms with Crippen molar-refractivity contribution in [1.82, 2.24) is 10.2 Å². The molecule has 1 N–H and O–H groups in total. The van der Waals surface area contributed by atoms with E-state index in [9.17, 15) is 4.79 Å². The molecule has 2 heterocycles. The fraction of sp³-hybridized carbons (Fsp3) is 0.909. The molecule has 2 rings (SSSR count). The lowest BCUT2D eigenvalue weighted by atomic mass is 10.2. The second-order valence-corrected chi connectivity index (χ2v) is 4.42. The number of hydrogen-bond donors (Lipinski definition) is 1. The molecule has 2 unspecified atom stereocenters. The normalized spacial score (nSPS) is 30.3. The molecule has 2 fully saturated rings. The van der Waals surface area contributed by atoms with Crippen molar-refractivity contribution < 1.29 is 14.3 Å². The second-order valence-electron chi connectivity index (χ2n) is 4.42. The zero-order valence-corrected chi connectivity index (χ0v) is 9.78. The van der Waals surface area contributed by atoms with E-state index in [4.69, 9.17) is 9.47 Å². The van der Waals surface area contributed by atoms with Crippen LogP contribution < -0.4 is 5.32 Å². The highest BCUT2D eigenvalue weighted by atomic mass is 16.5. The molecule has 0 aromatic heterocycles. The minimum Gasteiger partial charge on any atom is -0.374 e. The van der Waals surface area contributed by atoms with Crippen molar-refractivity contribution in [3.63, 3.8) is 0 Å². The number of amides is 1. The van der Waals surface area contributed by atoms with E-state index in [2.05, 4.69) is 5.32 Å². The molecule has 0 spiro atoms. The third kappa shape index (κ3) is 2.93. The maximum Gasteiger partial charge on any atom is 0.251 e. The summed E-state index contributed by atoms with van der Waals surface area (Å²) in [4.78, 5) is 13.7. The Balaban J connectivity index is 1.77. The van der Waals surface area contributed by atoms with Gasteiger partial charge in [-0.2, -0.15) is 0 Å². The van der Waals surface area contributed by atoms with Crippen molar-refractivity contribution in [1.29, 1.82) is 0 Å². The van der Waals surface area contributed by atoms with Crippen LogP contribution in [0, 0.1) is 0 Å². The van der Waals surface area contributed by atoms with Gasteiger partial charge in [0.05, 0.1) is 12.7 Å². The predicted molar refractivity (Wildman–Crippen MR) is 59.2 cm³/mol. The Bertz CT molecular complexity index is 235. The van der Waals surface area contributed by atoms with Crippen molar-refractivity contribution in [2.75, 3.05) is 39.9 Å². The summed E-state index contributed by atoms with van der Waals surface area (Å²) in [6.45, 7) is 3.81. The lowest BCUT2D eigenvalue weighted by Gasteiger charge is -2.29. The number of likely N-dealkylation sites (N-methyl/N-ethyl adjacent to an activating group) is 1. The van der Waals surface area contributed by atoms with Crippen LogP contribution in [0.3, 0.4) is 0 Å². The van der Waals surface area contributed by atoms with Crippen LogP contribution in [0.2, 0.25) is 0 Å². The number of carbonyl (C=O) groups is 1. The van der Waals surface area contributed by atoms with Crippen molar-refractivity contribution in [3.05, 3.63) is 0 Å². The van der Waals surface area contributed by atoms with Gasteiger partial charge in [0.1, 0.15) is 6.10 Å². The van der Waals surface area contributed by atoms with Crippen molar-refractivity contribution in [2.45, 2.75) is 25.0 Å². The molecule has 2 aliphatic rings. The molecule has 2 atom stereocenters. The second kappa shape index (κ2) is 5.61. The van der Waals surface area contributed by atoms with Gasteiger partial charge >= 0.3 is 0 Å². The first kappa shape index (κ1) is 11.8. The molecule has 0 aromatic carbocycles. The number of ether oxygens (including phenoxy) is 2. The summed E-state index contributed by atoms with van der Waals surface area (Å²) in [5.41, 5.74) is 0. The van der Waals surface area contributed by atoms with Crippen LogP contribution >= 0.6 is 0 Å². The number of rotatable bonds is 3. The van der Waals surface area contributed by atoms with Crippen molar-refractivity contribution in [2.24, 2.45) is 0 Å². The Morgan fingerprint density at radius 3 is 2.94 bits per heavy atom. The number of carbonyl (C=O) groups excluding carboxylic acids is 1. The van der Waals surface area contributed by atoms with Gasteiger partial charge < -0.3 is 19.7 Å². The van der Waals surface area contributed by atoms with Crippen molar-refractivity contribution >= 4 is 5.91 Å². The number of nitrogens with zero attached hydrogens (tertiary/aromatic N) is 1. The monoisotopic (exact) mass is 228 g/mol. The van der Waals surface area contributed by atoms with Gasteiger partial charge in [0, 0.05) is 33.3 Å². The lowest BCUT2D eigenvalue weighted by molar-refractivity contribution is -0.141. The molecule has 0 aliphatic carbocycles. The molecular formula is C11H20N2O3. The fourth-order valence-electron chi connectivity index (χ4n) is 2.15. The van der Waals surface area contributed by atoms with E-state index >= 15 is 0 Å². The Morgan fingerprint density at radius 1 is 1.44 bits per heavy atom. The Labute approximate surface area is 96.1 Å². The van der Waals surface area contributed by atoms with Crippen LogP contribution in [0.25, 0.3) is 0 Å². The van der Waals surface area contributed by atoms with Gasteiger partial charge in [-0.3, -0.25) is 4.79 Å². The summed E-state index contributed by atoms with van der Waals surface area (Å²) >= 11 is 0. The first-order valence-corrected chi connectivity index (χ1v) is 5.96. The molecule has 0 aromatic rings. The number of morpholine rings is 1. The van der Waals surface area contributed by atoms with Gasteiger partial charge in [-0.25, -0.2) is 0 Å². The van der Waals surface area contributed by atoms with Gasteiger partial charge in [-0.05, 0) is 12.8 Å². The molecule has 2 saturated heterocycles. The first-order valence-electron chi connectivity index (χ1n) is 5.96. The summed E-state index contributed by atoms with van der Waals surface area (Å²) in [5.74, 6) is 0.0895. The standard InChI is InChI=1S/C11H20N2O3/c1-13(8-9-7-12-4-6-15-9)11(14)10-3-2-5-16-10/h9-10,12H,2-8H2,1H3. The molecule has 0 radical (unpaired) electrons. The van der Waals surface area contributed by atoms with Crippen LogP contribution in [-0.2, 0) is 14.3 Å². The van der Waals surface area contributed by atoms with Gasteiger partial charge in [0.2, 0.25) is 0 Å². The maximum atomic E-state index is 11.9. The summed E-state index contributed by atoms with van der Waals surface area (Å²) < 4.78 is 10.9. The third-order valence-electron chi connectivity index (χ3n) is 3.06. The van der Waals surface area contributed by atoms with Crippen LogP contribution in [0.15, 0.2) is 0 Å². The highest BCUT2D eigenvalue weighted by Gasteiger charge is 2.28. The molecule has 1 amide bonds. The van der Waals surface area contributed by atoms with E-state index < -0.39 is 0 Å². The summed E-state index contributed by atoms with van der Waals surface area (Å²) in [7, 11) is 1.82. The molecule has 5 nitrogen and oxygen atoms in total. The van der Waals surface area contributed by atoms with Gasteiger partial charge in [0.15, 0.2) is 0 Å². The summed E-state index contributed by atoms with van der Waals surface area (Å²) in [6, 6.07) is 0. The number of nitrogens with one attached hydrogen (secondary N) is 1. The van der Waals surface area contributed by atoms with Gasteiger partial charge in [0.25, 0.3) is 5.91 Å². The van der Waals surface area contributed by atoms with E-state index in [0.29, 0.717) is 13.2 Å². The van der Waals surface area contributed by atoms with Gasteiger partial charge in [-0.15, -0.1) is 0 Å². The van der Waals surface area contributed by atoms with Crippen LogP contribution in [0.4, 0.5) is 0 Å². The topological polar surface area (TPSA) is 50.8 Å². The van der Waals surface area contributed by atoms with E-state index in [1.807, 2.05) is 7.05 Å². The average molecular weight is 228 g/mol. The molecule has 92 valence electrons. The predicted octanol–water partition coefficient (Wildman–Crippen LogP) is -0.388. The SMILES string of the molecule is CN(CC1CNCCO1)C(=O)C1CCCO1. The molecule has 16 heavy (non-hydrogen) atoms. The Hall–Kier alpha value is -0.650. The van der Waals surface area contributed by atoms with E-state index in [1.54, 1.807) is 4.90 Å². The Kier molecular flexibility index (Phi) is 4.15. The molecule has 0 bridgehead atoms.